The molecule has 2 aromatic rings. The molecule has 0 aliphatic heterocycles. The van der Waals surface area contributed by atoms with E-state index >= 15 is 0 Å². The smallest absolute Gasteiger partial charge is 0.0708 e. The molecule has 1 aromatic heterocycles. The molecule has 0 amide bonds. The average molecular weight is 254 g/mol. The predicted molar refractivity (Wildman–Crippen MR) is 80.3 cm³/mol. The van der Waals surface area contributed by atoms with Gasteiger partial charge in [0.1, 0.15) is 0 Å². The third-order valence-corrected chi connectivity index (χ3v) is 4.00. The summed E-state index contributed by atoms with van der Waals surface area (Å²) in [5.74, 6) is 0.678. The molecule has 1 aliphatic carbocycles. The fourth-order valence-electron chi connectivity index (χ4n) is 2.54. The van der Waals surface area contributed by atoms with Crippen molar-refractivity contribution in [3.63, 3.8) is 0 Å². The number of benzene rings is 1. The van der Waals surface area contributed by atoms with Crippen molar-refractivity contribution in [2.24, 2.45) is 5.73 Å². The lowest BCUT2D eigenvalue weighted by Gasteiger charge is -2.20. The number of pyridine rings is 1. The van der Waals surface area contributed by atoms with Crippen molar-refractivity contribution in [1.82, 2.24) is 4.98 Å². The maximum Gasteiger partial charge on any atom is 0.0708 e. The largest absolute Gasteiger partial charge is 0.326 e. The molecule has 3 rings (SSSR count). The highest BCUT2D eigenvalue weighted by Crippen LogP contribution is 2.40. The van der Waals surface area contributed by atoms with Gasteiger partial charge in [-0.3, -0.25) is 4.98 Å². The second kappa shape index (κ2) is 4.31. The van der Waals surface area contributed by atoms with Crippen molar-refractivity contribution >= 4 is 10.9 Å². The first-order valence-electron chi connectivity index (χ1n) is 7.13. The molecule has 2 N–H and O–H groups in total. The van der Waals surface area contributed by atoms with Gasteiger partial charge < -0.3 is 5.73 Å². The van der Waals surface area contributed by atoms with Crippen LogP contribution in [0.5, 0.6) is 0 Å². The highest BCUT2D eigenvalue weighted by Gasteiger charge is 2.26. The van der Waals surface area contributed by atoms with E-state index in [-0.39, 0.29) is 5.41 Å². The van der Waals surface area contributed by atoms with E-state index in [0.717, 1.165) is 5.52 Å². The SMILES string of the molecule is CC(C)(C)c1ccc2nc(C3CC3)cc(CN)c2c1. The summed E-state index contributed by atoms with van der Waals surface area (Å²) in [6.07, 6.45) is 2.56. The van der Waals surface area contributed by atoms with Crippen LogP contribution in [0.3, 0.4) is 0 Å². The number of fused-ring (bicyclic) bond motifs is 1. The Labute approximate surface area is 115 Å². The van der Waals surface area contributed by atoms with Gasteiger partial charge in [0, 0.05) is 23.5 Å². The first kappa shape index (κ1) is 12.6. The maximum absolute atomic E-state index is 5.94. The predicted octanol–water partition coefficient (Wildman–Crippen LogP) is 3.87. The Morgan fingerprint density at radius 2 is 1.95 bits per heavy atom. The van der Waals surface area contributed by atoms with Gasteiger partial charge in [-0.1, -0.05) is 26.8 Å². The summed E-state index contributed by atoms with van der Waals surface area (Å²) >= 11 is 0. The minimum atomic E-state index is 0.162. The second-order valence-corrected chi connectivity index (χ2v) is 6.67. The lowest BCUT2D eigenvalue weighted by molar-refractivity contribution is 0.591. The van der Waals surface area contributed by atoms with E-state index < -0.39 is 0 Å². The van der Waals surface area contributed by atoms with Crippen molar-refractivity contribution in [2.75, 3.05) is 0 Å². The molecule has 0 unspecified atom stereocenters. The van der Waals surface area contributed by atoms with E-state index in [1.807, 2.05) is 0 Å². The van der Waals surface area contributed by atoms with Gasteiger partial charge in [0.2, 0.25) is 0 Å². The molecule has 1 saturated carbocycles. The average Bonchev–Trinajstić information content (AvgIpc) is 3.19. The van der Waals surface area contributed by atoms with Crippen molar-refractivity contribution < 1.29 is 0 Å². The van der Waals surface area contributed by atoms with Gasteiger partial charge in [0.15, 0.2) is 0 Å². The highest BCUT2D eigenvalue weighted by molar-refractivity contribution is 5.83. The van der Waals surface area contributed by atoms with Gasteiger partial charge in [0.05, 0.1) is 5.52 Å². The van der Waals surface area contributed by atoms with Crippen LogP contribution in [-0.2, 0) is 12.0 Å². The fourth-order valence-corrected chi connectivity index (χ4v) is 2.54. The molecule has 1 heterocycles. The Hall–Kier alpha value is -1.41. The molecule has 0 atom stereocenters. The minimum Gasteiger partial charge on any atom is -0.326 e. The van der Waals surface area contributed by atoms with Crippen LogP contribution in [0.2, 0.25) is 0 Å². The van der Waals surface area contributed by atoms with Crippen LogP contribution in [0, 0.1) is 0 Å². The Kier molecular flexibility index (Phi) is 2.86. The maximum atomic E-state index is 5.94. The van der Waals surface area contributed by atoms with Crippen molar-refractivity contribution in [2.45, 2.75) is 51.5 Å². The topological polar surface area (TPSA) is 38.9 Å². The lowest BCUT2D eigenvalue weighted by atomic mass is 9.86. The Bertz CT molecular complexity index is 619. The summed E-state index contributed by atoms with van der Waals surface area (Å²) in [5.41, 5.74) is 11.0. The summed E-state index contributed by atoms with van der Waals surface area (Å²) < 4.78 is 0. The van der Waals surface area contributed by atoms with E-state index in [0.29, 0.717) is 12.5 Å². The van der Waals surface area contributed by atoms with E-state index in [1.165, 1.54) is 35.0 Å². The van der Waals surface area contributed by atoms with Crippen LogP contribution in [0.15, 0.2) is 24.3 Å². The molecule has 19 heavy (non-hydrogen) atoms. The summed E-state index contributed by atoms with van der Waals surface area (Å²) in [6.45, 7) is 7.30. The van der Waals surface area contributed by atoms with Crippen LogP contribution in [0.4, 0.5) is 0 Å². The van der Waals surface area contributed by atoms with Crippen LogP contribution in [-0.4, -0.2) is 4.98 Å². The molecule has 0 bridgehead atoms. The molecule has 2 heteroatoms. The van der Waals surface area contributed by atoms with Gasteiger partial charge >= 0.3 is 0 Å². The summed E-state index contributed by atoms with van der Waals surface area (Å²) in [5, 5.41) is 1.22. The van der Waals surface area contributed by atoms with E-state index in [9.17, 15) is 0 Å². The number of rotatable bonds is 2. The van der Waals surface area contributed by atoms with Crippen LogP contribution < -0.4 is 5.73 Å². The first-order chi connectivity index (χ1) is 8.99. The highest BCUT2D eigenvalue weighted by atomic mass is 14.7. The number of aromatic nitrogens is 1. The van der Waals surface area contributed by atoms with Crippen LogP contribution in [0.1, 0.15) is 56.4 Å². The van der Waals surface area contributed by atoms with Crippen LogP contribution in [0.25, 0.3) is 10.9 Å². The van der Waals surface area contributed by atoms with E-state index in [2.05, 4.69) is 45.0 Å². The van der Waals surface area contributed by atoms with Gasteiger partial charge in [-0.05, 0) is 47.6 Å². The standard InChI is InChI=1S/C17H22N2/c1-17(2,3)13-6-7-15-14(9-13)12(10-18)8-16(19-15)11-4-5-11/h6-9,11H,4-5,10,18H2,1-3H3. The molecule has 0 saturated heterocycles. The summed E-state index contributed by atoms with van der Waals surface area (Å²) in [7, 11) is 0. The molecular weight excluding hydrogens is 232 g/mol. The molecule has 1 aromatic carbocycles. The first-order valence-corrected chi connectivity index (χ1v) is 7.13. The third kappa shape index (κ3) is 2.37. The van der Waals surface area contributed by atoms with Crippen molar-refractivity contribution in [1.29, 1.82) is 0 Å². The van der Waals surface area contributed by atoms with Gasteiger partial charge in [-0.15, -0.1) is 0 Å². The summed E-state index contributed by atoms with van der Waals surface area (Å²) in [6, 6.07) is 8.83. The molecule has 1 fully saturated rings. The molecule has 100 valence electrons. The number of nitrogens with two attached hydrogens (primary N) is 1. The monoisotopic (exact) mass is 254 g/mol. The summed E-state index contributed by atoms with van der Waals surface area (Å²) in [4.78, 5) is 4.81. The third-order valence-electron chi connectivity index (χ3n) is 4.00. The molecule has 0 spiro atoms. The zero-order valence-electron chi connectivity index (χ0n) is 12.0. The number of nitrogens with zero attached hydrogens (tertiary/aromatic N) is 1. The number of hydrogen-bond donors (Lipinski definition) is 1. The van der Waals surface area contributed by atoms with Crippen molar-refractivity contribution in [3.8, 4) is 0 Å². The van der Waals surface area contributed by atoms with Gasteiger partial charge in [-0.2, -0.15) is 0 Å². The van der Waals surface area contributed by atoms with E-state index in [1.54, 1.807) is 0 Å². The Morgan fingerprint density at radius 1 is 1.21 bits per heavy atom. The molecular formula is C17H22N2. The second-order valence-electron chi connectivity index (χ2n) is 6.67. The minimum absolute atomic E-state index is 0.162. The molecule has 2 nitrogen and oxygen atoms in total. The molecule has 0 radical (unpaired) electrons. The van der Waals surface area contributed by atoms with E-state index in [4.69, 9.17) is 10.7 Å². The Balaban J connectivity index is 2.19. The van der Waals surface area contributed by atoms with Crippen molar-refractivity contribution in [3.05, 3.63) is 41.1 Å². The van der Waals surface area contributed by atoms with Gasteiger partial charge in [-0.25, -0.2) is 0 Å². The zero-order chi connectivity index (χ0) is 13.6. The lowest BCUT2D eigenvalue weighted by Crippen LogP contribution is -2.11. The Morgan fingerprint density at radius 3 is 2.53 bits per heavy atom. The molecule has 1 aliphatic rings. The fraction of sp³-hybridized carbons (Fsp3) is 0.471. The quantitative estimate of drug-likeness (QED) is 0.883. The van der Waals surface area contributed by atoms with Gasteiger partial charge in [0.25, 0.3) is 0 Å². The number of hydrogen-bond acceptors (Lipinski definition) is 2. The normalized spacial score (nSPS) is 16.0. The zero-order valence-corrected chi connectivity index (χ0v) is 12.0. The van der Waals surface area contributed by atoms with Crippen LogP contribution >= 0.6 is 0 Å².